The highest BCUT2D eigenvalue weighted by Gasteiger charge is 2.20. The molecule has 2 aromatic carbocycles. The summed E-state index contributed by atoms with van der Waals surface area (Å²) in [4.78, 5) is 16.8. The predicted molar refractivity (Wildman–Crippen MR) is 95.3 cm³/mol. The number of benzene rings is 2. The van der Waals surface area contributed by atoms with Gasteiger partial charge in [-0.25, -0.2) is 18.7 Å². The first-order chi connectivity index (χ1) is 12.3. The van der Waals surface area contributed by atoms with Crippen LogP contribution in [0, 0.1) is 21.0 Å². The molecule has 0 spiro atoms. The molecule has 4 N–H and O–H groups in total. The summed E-state index contributed by atoms with van der Waals surface area (Å²) in [6.45, 7) is -1.000. The van der Waals surface area contributed by atoms with Crippen LogP contribution >= 0.6 is 22.6 Å². The van der Waals surface area contributed by atoms with E-state index in [1.165, 1.54) is 12.1 Å². The Labute approximate surface area is 160 Å². The van der Waals surface area contributed by atoms with Crippen molar-refractivity contribution in [2.75, 3.05) is 18.5 Å². The Morgan fingerprint density at radius 1 is 1.19 bits per heavy atom. The molecule has 0 aliphatic heterocycles. The normalized spacial score (nSPS) is 11.9. The average Bonchev–Trinajstić information content (AvgIpc) is 2.60. The van der Waals surface area contributed by atoms with Gasteiger partial charge in [0, 0.05) is 3.57 Å². The number of carbonyl (C=O) groups excluding carboxylic acids is 1. The van der Waals surface area contributed by atoms with Gasteiger partial charge in [-0.05, 0) is 52.9 Å². The first-order valence-corrected chi connectivity index (χ1v) is 8.32. The molecule has 2 rings (SSSR count). The van der Waals surface area contributed by atoms with Crippen LogP contribution in [0.1, 0.15) is 10.4 Å². The van der Waals surface area contributed by atoms with E-state index in [0.717, 1.165) is 12.1 Å². The van der Waals surface area contributed by atoms with Crippen LogP contribution < -0.4 is 10.8 Å². The molecule has 1 atom stereocenters. The Bertz CT molecular complexity index is 807. The zero-order valence-electron chi connectivity index (χ0n) is 13.1. The second-order valence-corrected chi connectivity index (χ2v) is 6.36. The standard InChI is InChI=1S/C16H14F3IN2O4/c17-11-3-2-10(16(25)22-26-7-9(24)6-23)15(14(11)19)21-13-4-1-8(20)5-12(13)18/h1-5,9,21,23-24H,6-7H2,(H,22,25)/t9-/m1/s1/i1+1,4+1,5+1,8+1,12+1,13+1. The van der Waals surface area contributed by atoms with Crippen molar-refractivity contribution in [3.63, 3.8) is 0 Å². The number of amides is 1. The molecule has 0 saturated carbocycles. The molecule has 0 bridgehead atoms. The smallest absolute Gasteiger partial charge is 0.277 e. The second-order valence-electron chi connectivity index (χ2n) is 5.11. The molecule has 6 nitrogen and oxygen atoms in total. The summed E-state index contributed by atoms with van der Waals surface area (Å²) < 4.78 is 42.3. The molecule has 0 radical (unpaired) electrons. The fraction of sp³-hybridized carbons (Fsp3) is 0.188. The molecule has 0 heterocycles. The first-order valence-electron chi connectivity index (χ1n) is 7.24. The topological polar surface area (TPSA) is 90.8 Å². The van der Waals surface area contributed by atoms with Crippen molar-refractivity contribution in [2.24, 2.45) is 0 Å². The van der Waals surface area contributed by atoms with Crippen molar-refractivity contribution in [2.45, 2.75) is 6.10 Å². The van der Waals surface area contributed by atoms with Gasteiger partial charge in [0.15, 0.2) is 11.6 Å². The molecular weight excluding hydrogens is 474 g/mol. The van der Waals surface area contributed by atoms with Gasteiger partial charge < -0.3 is 15.5 Å². The van der Waals surface area contributed by atoms with Gasteiger partial charge in [0.2, 0.25) is 0 Å². The van der Waals surface area contributed by atoms with Crippen molar-refractivity contribution >= 4 is 39.9 Å². The van der Waals surface area contributed by atoms with Crippen molar-refractivity contribution in [3.8, 4) is 0 Å². The number of rotatable bonds is 7. The minimum atomic E-state index is -1.37. The molecule has 0 aliphatic rings. The SMILES string of the molecule is O=C(NOC[C@H](O)CO)c1ccc(F)c(F)c1N[13c]1[13cH][13cH][13c](I)[13cH][13c]1F. The number of halogens is 4. The molecule has 0 aliphatic carbocycles. The molecule has 2 aromatic rings. The number of hydroxylamine groups is 1. The first kappa shape index (κ1) is 20.4. The van der Waals surface area contributed by atoms with Crippen LogP contribution in [0.3, 0.4) is 0 Å². The van der Waals surface area contributed by atoms with E-state index in [2.05, 4.69) is 10.2 Å². The van der Waals surface area contributed by atoms with Crippen LogP contribution in [0.5, 0.6) is 0 Å². The highest BCUT2D eigenvalue weighted by Crippen LogP contribution is 2.28. The van der Waals surface area contributed by atoms with E-state index in [0.29, 0.717) is 3.57 Å². The summed E-state index contributed by atoms with van der Waals surface area (Å²) in [6, 6.07) is 5.77. The molecule has 0 fully saturated rings. The van der Waals surface area contributed by atoms with E-state index in [4.69, 9.17) is 10.2 Å². The third-order valence-electron chi connectivity index (χ3n) is 3.18. The number of hydrogen-bond donors (Lipinski definition) is 4. The van der Waals surface area contributed by atoms with Crippen molar-refractivity contribution in [1.82, 2.24) is 5.48 Å². The van der Waals surface area contributed by atoms with Gasteiger partial charge in [-0.15, -0.1) is 0 Å². The largest absolute Gasteiger partial charge is 0.394 e. The third kappa shape index (κ3) is 5.06. The second kappa shape index (κ2) is 9.16. The van der Waals surface area contributed by atoms with E-state index >= 15 is 0 Å². The fourth-order valence-electron chi connectivity index (χ4n) is 1.90. The summed E-state index contributed by atoms with van der Waals surface area (Å²) in [6.07, 6.45) is -1.22. The van der Waals surface area contributed by atoms with E-state index in [1.54, 1.807) is 6.07 Å². The Kier molecular flexibility index (Phi) is 7.20. The zero-order valence-corrected chi connectivity index (χ0v) is 15.3. The van der Waals surface area contributed by atoms with Crippen LogP contribution in [0.25, 0.3) is 0 Å². The summed E-state index contributed by atoms with van der Waals surface area (Å²) >= 11 is 1.89. The number of anilines is 2. The van der Waals surface area contributed by atoms with Crippen LogP contribution in [-0.2, 0) is 4.84 Å². The Hall–Kier alpha value is -1.89. The van der Waals surface area contributed by atoms with Crippen molar-refractivity contribution in [1.29, 1.82) is 0 Å². The minimum absolute atomic E-state index is 0.152. The van der Waals surface area contributed by atoms with E-state index in [1.807, 2.05) is 28.1 Å². The minimum Gasteiger partial charge on any atom is -0.394 e. The Morgan fingerprint density at radius 3 is 2.58 bits per heavy atom. The number of aliphatic hydroxyl groups excluding tert-OH is 2. The van der Waals surface area contributed by atoms with Gasteiger partial charge in [-0.2, -0.15) is 0 Å². The van der Waals surface area contributed by atoms with Gasteiger partial charge in [-0.1, -0.05) is 0 Å². The molecule has 26 heavy (non-hydrogen) atoms. The molecule has 140 valence electrons. The lowest BCUT2D eigenvalue weighted by molar-refractivity contribution is -0.0295. The van der Waals surface area contributed by atoms with Crippen LogP contribution in [0.2, 0.25) is 0 Å². The zero-order chi connectivity index (χ0) is 19.3. The lowest BCUT2D eigenvalue weighted by Gasteiger charge is -2.15. The Balaban J connectivity index is 2.27. The maximum absolute atomic E-state index is 14.2. The van der Waals surface area contributed by atoms with E-state index in [-0.39, 0.29) is 11.3 Å². The lowest BCUT2D eigenvalue weighted by atomic mass is 10.1. The average molecular weight is 488 g/mol. The molecule has 0 saturated heterocycles. The number of aliphatic hydroxyl groups is 2. The highest BCUT2D eigenvalue weighted by molar-refractivity contribution is 14.1. The van der Waals surface area contributed by atoms with E-state index in [9.17, 15) is 18.0 Å². The van der Waals surface area contributed by atoms with Gasteiger partial charge >= 0.3 is 0 Å². The molecule has 0 unspecified atom stereocenters. The van der Waals surface area contributed by atoms with Crippen LogP contribution in [0.4, 0.5) is 24.5 Å². The fourth-order valence-corrected chi connectivity index (χ4v) is 2.35. The Morgan fingerprint density at radius 2 is 1.92 bits per heavy atom. The summed E-state index contributed by atoms with van der Waals surface area (Å²) in [5, 5.41) is 20.2. The van der Waals surface area contributed by atoms with Gasteiger partial charge in [0.05, 0.1) is 23.5 Å². The molecule has 0 aromatic heterocycles. The number of nitrogens with one attached hydrogen (secondary N) is 2. The maximum atomic E-state index is 14.2. The monoisotopic (exact) mass is 488 g/mol. The molecule has 10 heteroatoms. The van der Waals surface area contributed by atoms with Crippen molar-refractivity contribution < 1.29 is 33.0 Å². The van der Waals surface area contributed by atoms with E-state index < -0.39 is 48.4 Å². The van der Waals surface area contributed by atoms with Crippen LogP contribution in [-0.4, -0.2) is 35.4 Å². The molecule has 1 amide bonds. The molecular formula is C16H14F3IN2O4. The summed E-state index contributed by atoms with van der Waals surface area (Å²) in [5.41, 5.74) is 0.852. The van der Waals surface area contributed by atoms with Gasteiger partial charge in [0.25, 0.3) is 5.91 Å². The van der Waals surface area contributed by atoms with Gasteiger partial charge in [0.1, 0.15) is 18.5 Å². The lowest BCUT2D eigenvalue weighted by Crippen LogP contribution is -2.30. The third-order valence-corrected chi connectivity index (χ3v) is 3.85. The number of hydrogen-bond acceptors (Lipinski definition) is 5. The van der Waals surface area contributed by atoms with Crippen LogP contribution in [0.15, 0.2) is 30.3 Å². The van der Waals surface area contributed by atoms with Crippen molar-refractivity contribution in [3.05, 3.63) is 56.9 Å². The predicted octanol–water partition coefficient (Wildman–Crippen LogP) is 2.47. The highest BCUT2D eigenvalue weighted by atomic mass is 127. The summed E-state index contributed by atoms with van der Waals surface area (Å²) in [5.74, 6) is -4.27. The quantitative estimate of drug-likeness (QED) is 0.356. The maximum Gasteiger partial charge on any atom is 0.277 e. The summed E-state index contributed by atoms with van der Waals surface area (Å²) in [7, 11) is 0. The van der Waals surface area contributed by atoms with Gasteiger partial charge in [-0.3, -0.25) is 9.63 Å². The number of carbonyl (C=O) groups is 1.